The van der Waals surface area contributed by atoms with Crippen LogP contribution in [-0.2, 0) is 18.3 Å². The predicted octanol–water partition coefficient (Wildman–Crippen LogP) is 2.16. The molecule has 0 spiro atoms. The van der Waals surface area contributed by atoms with E-state index in [2.05, 4.69) is 0 Å². The number of nitrogen functional groups attached to an aromatic ring is 1. The summed E-state index contributed by atoms with van der Waals surface area (Å²) in [5.74, 6) is -2.24. The van der Waals surface area contributed by atoms with E-state index in [0.717, 1.165) is 9.13 Å². The number of rotatable bonds is 8. The number of hydrogen-bond donors (Lipinski definition) is 1. The first-order valence-electron chi connectivity index (χ1n) is 10.7. The Bertz CT molecular complexity index is 1390. The van der Waals surface area contributed by atoms with E-state index in [-0.39, 0.29) is 29.8 Å². The van der Waals surface area contributed by atoms with Gasteiger partial charge in [-0.1, -0.05) is 32.0 Å². The smallest absolute Gasteiger partial charge is 0.340 e. The van der Waals surface area contributed by atoms with E-state index in [9.17, 15) is 24.0 Å². The van der Waals surface area contributed by atoms with Gasteiger partial charge in [-0.15, -0.1) is 11.3 Å². The molecule has 1 aromatic carbocycles. The summed E-state index contributed by atoms with van der Waals surface area (Å²) in [4.78, 5) is 65.3. The van der Waals surface area contributed by atoms with Gasteiger partial charge in [0.15, 0.2) is 6.61 Å². The molecule has 2 aromatic heterocycles. The Morgan fingerprint density at radius 3 is 2.43 bits per heavy atom. The fourth-order valence-electron chi connectivity index (χ4n) is 3.48. The molecule has 3 rings (SSSR count). The number of benzene rings is 1. The van der Waals surface area contributed by atoms with E-state index >= 15 is 0 Å². The fraction of sp³-hybridized carbons (Fsp3) is 0.292. The lowest BCUT2D eigenvalue weighted by atomic mass is 10.1. The summed E-state index contributed by atoms with van der Waals surface area (Å²) in [6, 6.07) is 9.74. The van der Waals surface area contributed by atoms with Gasteiger partial charge < -0.3 is 15.4 Å². The molecule has 0 unspecified atom stereocenters. The third-order valence-corrected chi connectivity index (χ3v) is 6.12. The van der Waals surface area contributed by atoms with Crippen LogP contribution < -0.4 is 21.9 Å². The third kappa shape index (κ3) is 5.24. The summed E-state index contributed by atoms with van der Waals surface area (Å²) in [5, 5.41) is 1.77. The second-order valence-electron chi connectivity index (χ2n) is 8.27. The first-order valence-corrected chi connectivity index (χ1v) is 11.6. The van der Waals surface area contributed by atoms with E-state index in [4.69, 9.17) is 10.5 Å². The van der Waals surface area contributed by atoms with Crippen LogP contribution in [0.1, 0.15) is 44.2 Å². The lowest BCUT2D eigenvalue weighted by molar-refractivity contribution is 0.0475. The monoisotopic (exact) mass is 498 g/mol. The Balaban J connectivity index is 1.85. The van der Waals surface area contributed by atoms with Crippen LogP contribution in [0.3, 0.4) is 0 Å². The Kier molecular flexibility index (Phi) is 7.70. The Labute approximate surface area is 205 Å². The summed E-state index contributed by atoms with van der Waals surface area (Å²) in [7, 11) is 2.78. The average molecular weight is 499 g/mol. The van der Waals surface area contributed by atoms with Gasteiger partial charge in [-0.05, 0) is 29.5 Å². The van der Waals surface area contributed by atoms with E-state index < -0.39 is 35.2 Å². The zero-order valence-corrected chi connectivity index (χ0v) is 20.6. The number of para-hydroxylation sites is 1. The standard InChI is InChI=1S/C24H26N4O6S/c1-14(2)12-28-20(25)19(22(31)27(4)24(28)33)17(29)13-34-23(32)15-8-5-6-9-16(15)26(3)21(30)18-10-7-11-35-18/h5-11,14H,12-13,25H2,1-4H3. The van der Waals surface area contributed by atoms with Gasteiger partial charge in [0.2, 0.25) is 5.78 Å². The average Bonchev–Trinajstić information content (AvgIpc) is 3.38. The van der Waals surface area contributed by atoms with Crippen LogP contribution in [0.2, 0.25) is 0 Å². The zero-order chi connectivity index (χ0) is 25.9. The van der Waals surface area contributed by atoms with Crippen molar-refractivity contribution in [2.45, 2.75) is 20.4 Å². The minimum atomic E-state index is -0.866. The lowest BCUT2D eigenvalue weighted by Crippen LogP contribution is -2.43. The molecule has 35 heavy (non-hydrogen) atoms. The Morgan fingerprint density at radius 2 is 1.80 bits per heavy atom. The lowest BCUT2D eigenvalue weighted by Gasteiger charge is -2.19. The van der Waals surface area contributed by atoms with Crippen LogP contribution in [0.25, 0.3) is 0 Å². The largest absolute Gasteiger partial charge is 0.454 e. The molecular formula is C24H26N4O6S. The number of carbonyl (C=O) groups is 3. The number of esters is 1. The van der Waals surface area contributed by atoms with Crippen LogP contribution in [0, 0.1) is 5.92 Å². The van der Waals surface area contributed by atoms with Crippen molar-refractivity contribution in [2.75, 3.05) is 24.3 Å². The van der Waals surface area contributed by atoms with Gasteiger partial charge in [-0.25, -0.2) is 9.59 Å². The topological polar surface area (TPSA) is 134 Å². The number of hydrogen-bond acceptors (Lipinski definition) is 8. The summed E-state index contributed by atoms with van der Waals surface area (Å²) < 4.78 is 7.15. The van der Waals surface area contributed by atoms with Crippen LogP contribution in [-0.4, -0.2) is 40.4 Å². The summed E-state index contributed by atoms with van der Waals surface area (Å²) in [6.07, 6.45) is 0. The number of thiophene rings is 1. The first kappa shape index (κ1) is 25.6. The van der Waals surface area contributed by atoms with Crippen molar-refractivity contribution in [1.82, 2.24) is 9.13 Å². The molecule has 0 fully saturated rings. The molecule has 2 heterocycles. The first-order chi connectivity index (χ1) is 16.5. The molecule has 0 aliphatic rings. The molecule has 1 amide bonds. The number of anilines is 2. The molecule has 184 valence electrons. The van der Waals surface area contributed by atoms with Crippen molar-refractivity contribution in [3.8, 4) is 0 Å². The summed E-state index contributed by atoms with van der Waals surface area (Å²) in [5.41, 5.74) is 4.45. The van der Waals surface area contributed by atoms with Crippen LogP contribution in [0.4, 0.5) is 11.5 Å². The Hall–Kier alpha value is -3.99. The molecule has 0 aliphatic heterocycles. The molecule has 3 aromatic rings. The van der Waals surface area contributed by atoms with Gasteiger partial charge >= 0.3 is 11.7 Å². The minimum Gasteiger partial charge on any atom is -0.454 e. The van der Waals surface area contributed by atoms with Crippen molar-refractivity contribution in [3.05, 3.63) is 78.6 Å². The SMILES string of the molecule is CC(C)Cn1c(N)c(C(=O)COC(=O)c2ccccc2N(C)C(=O)c2cccs2)c(=O)n(C)c1=O. The number of nitrogens with two attached hydrogens (primary N) is 1. The highest BCUT2D eigenvalue weighted by Gasteiger charge is 2.25. The highest BCUT2D eigenvalue weighted by Crippen LogP contribution is 2.23. The van der Waals surface area contributed by atoms with Crippen LogP contribution in [0.5, 0.6) is 0 Å². The van der Waals surface area contributed by atoms with Gasteiger partial charge in [0, 0.05) is 20.6 Å². The fourth-order valence-corrected chi connectivity index (χ4v) is 4.18. The summed E-state index contributed by atoms with van der Waals surface area (Å²) >= 11 is 1.27. The van der Waals surface area contributed by atoms with Gasteiger partial charge in [-0.2, -0.15) is 0 Å². The predicted molar refractivity (Wildman–Crippen MR) is 133 cm³/mol. The molecule has 0 radical (unpaired) electrons. The number of Topliss-reactive ketones (excluding diaryl/α,β-unsaturated/α-hetero) is 1. The maximum absolute atomic E-state index is 12.9. The minimum absolute atomic E-state index is 0.0265. The molecule has 11 heteroatoms. The highest BCUT2D eigenvalue weighted by atomic mass is 32.1. The maximum atomic E-state index is 12.9. The normalized spacial score (nSPS) is 10.9. The zero-order valence-electron chi connectivity index (χ0n) is 19.8. The number of amides is 1. The maximum Gasteiger partial charge on any atom is 0.340 e. The van der Waals surface area contributed by atoms with Crippen molar-refractivity contribution >= 4 is 40.5 Å². The van der Waals surface area contributed by atoms with Gasteiger partial charge in [0.05, 0.1) is 16.1 Å². The van der Waals surface area contributed by atoms with Crippen molar-refractivity contribution in [2.24, 2.45) is 13.0 Å². The van der Waals surface area contributed by atoms with Gasteiger partial charge in [-0.3, -0.25) is 23.5 Å². The Morgan fingerprint density at radius 1 is 1.11 bits per heavy atom. The number of ether oxygens (including phenoxy) is 1. The van der Waals surface area contributed by atoms with E-state index in [1.165, 1.54) is 36.4 Å². The molecule has 2 N–H and O–H groups in total. The highest BCUT2D eigenvalue weighted by molar-refractivity contribution is 7.12. The van der Waals surface area contributed by atoms with Crippen molar-refractivity contribution < 1.29 is 19.1 Å². The molecule has 0 saturated carbocycles. The van der Waals surface area contributed by atoms with Gasteiger partial charge in [0.1, 0.15) is 11.4 Å². The second-order valence-corrected chi connectivity index (χ2v) is 9.22. The van der Waals surface area contributed by atoms with Crippen LogP contribution in [0.15, 0.2) is 51.4 Å². The number of carbonyl (C=O) groups excluding carboxylic acids is 3. The van der Waals surface area contributed by atoms with Crippen LogP contribution >= 0.6 is 11.3 Å². The van der Waals surface area contributed by atoms with E-state index in [0.29, 0.717) is 10.6 Å². The van der Waals surface area contributed by atoms with E-state index in [1.54, 1.807) is 35.7 Å². The third-order valence-electron chi connectivity index (χ3n) is 5.27. The molecular weight excluding hydrogens is 472 g/mol. The molecule has 0 atom stereocenters. The number of aromatic nitrogens is 2. The summed E-state index contributed by atoms with van der Waals surface area (Å²) in [6.45, 7) is 3.15. The number of ketones is 1. The molecule has 10 nitrogen and oxygen atoms in total. The molecule has 0 bridgehead atoms. The molecule has 0 aliphatic carbocycles. The van der Waals surface area contributed by atoms with Gasteiger partial charge in [0.25, 0.3) is 11.5 Å². The number of nitrogens with zero attached hydrogens (tertiary/aromatic N) is 3. The quantitative estimate of drug-likeness (QED) is 0.372. The van der Waals surface area contributed by atoms with Crippen molar-refractivity contribution in [3.63, 3.8) is 0 Å². The van der Waals surface area contributed by atoms with Crippen molar-refractivity contribution in [1.29, 1.82) is 0 Å². The van der Waals surface area contributed by atoms with E-state index in [1.807, 2.05) is 13.8 Å². The molecule has 0 saturated heterocycles. The second kappa shape index (κ2) is 10.5.